The molecule has 3 N–H and O–H groups in total. The van der Waals surface area contributed by atoms with E-state index in [1.165, 1.54) is 32.9 Å². The highest BCUT2D eigenvalue weighted by Gasteiger charge is 2.15. The molecule has 0 aliphatic heterocycles. The zero-order valence-corrected chi connectivity index (χ0v) is 17.8. The van der Waals surface area contributed by atoms with Crippen molar-refractivity contribution in [3.63, 3.8) is 0 Å². The summed E-state index contributed by atoms with van der Waals surface area (Å²) in [6, 6.07) is 4.75. The second-order valence-electron chi connectivity index (χ2n) is 5.83. The van der Waals surface area contributed by atoms with E-state index in [9.17, 15) is 24.0 Å². The molecule has 12 nitrogen and oxygen atoms in total. The Kier molecular flexibility index (Phi) is 15.6. The Morgan fingerprint density at radius 2 is 1.45 bits per heavy atom. The van der Waals surface area contributed by atoms with Gasteiger partial charge in [0.15, 0.2) is 17.3 Å². The molecule has 0 radical (unpaired) electrons. The summed E-state index contributed by atoms with van der Waals surface area (Å²) in [7, 11) is 0. The van der Waals surface area contributed by atoms with E-state index in [0.29, 0.717) is 5.56 Å². The zero-order chi connectivity index (χ0) is 24.8. The second-order valence-corrected chi connectivity index (χ2v) is 5.83. The molecule has 0 aromatic carbocycles. The third kappa shape index (κ3) is 11.7. The van der Waals surface area contributed by atoms with Crippen LogP contribution in [0.3, 0.4) is 0 Å². The number of aliphatic hydroxyl groups excluding tert-OH is 1. The third-order valence-corrected chi connectivity index (χ3v) is 3.42. The normalized spacial score (nSPS) is 10.3. The number of hydrogen-bond acceptors (Lipinski definition) is 12. The molecule has 2 rings (SSSR count). The van der Waals surface area contributed by atoms with Gasteiger partial charge in [-0.15, -0.1) is 0 Å². The number of ether oxygens (including phenoxy) is 1. The lowest BCUT2D eigenvalue weighted by Gasteiger charge is -2.07. The molecule has 12 heteroatoms. The molecule has 0 spiro atoms. The highest BCUT2D eigenvalue weighted by atomic mass is 17.1. The molecule has 184 valence electrons. The first kappa shape index (κ1) is 31.7. The first-order valence-electron chi connectivity index (χ1n) is 9.01. The number of aliphatic hydroxyl groups is 2. The monoisotopic (exact) mass is 472 g/mol. The van der Waals surface area contributed by atoms with Gasteiger partial charge in [-0.25, -0.2) is 19.3 Å². The van der Waals surface area contributed by atoms with Gasteiger partial charge in [0.05, 0.1) is 6.61 Å². The number of carbonyl (C=O) groups excluding carboxylic acids is 3. The summed E-state index contributed by atoms with van der Waals surface area (Å²) in [5, 5.41) is 22.7. The number of esters is 1. The number of ketones is 2. The molecule has 0 aliphatic rings. The lowest BCUT2D eigenvalue weighted by atomic mass is 10.1. The van der Waals surface area contributed by atoms with Crippen LogP contribution >= 0.6 is 0 Å². The molecule has 0 saturated heterocycles. The maximum atomic E-state index is 11.3. The average molecular weight is 472 g/mol. The van der Waals surface area contributed by atoms with E-state index in [1.807, 2.05) is 0 Å². The van der Waals surface area contributed by atoms with Gasteiger partial charge in [0.1, 0.15) is 12.9 Å². The summed E-state index contributed by atoms with van der Waals surface area (Å²) < 4.78 is 13.9. The molecular weight excluding hydrogens is 444 g/mol. The molecule has 0 fully saturated rings. The van der Waals surface area contributed by atoms with E-state index in [2.05, 4.69) is 18.5 Å². The summed E-state index contributed by atoms with van der Waals surface area (Å²) in [4.78, 5) is 59.0. The topological polar surface area (TPSA) is 191 Å². The van der Waals surface area contributed by atoms with Crippen LogP contribution in [0.15, 0.2) is 42.7 Å². The van der Waals surface area contributed by atoms with Crippen molar-refractivity contribution in [1.29, 1.82) is 0 Å². The van der Waals surface area contributed by atoms with Gasteiger partial charge in [-0.3, -0.25) is 14.8 Å². The number of Topliss-reactive ketones (excluding diaryl/α,β-unsaturated/α-hetero) is 2. The largest absolute Gasteiger partial charge is 0.460 e. The Labute approximate surface area is 188 Å². The van der Waals surface area contributed by atoms with Crippen LogP contribution in [0, 0.1) is 0 Å². The molecule has 0 aliphatic carbocycles. The van der Waals surface area contributed by atoms with Gasteiger partial charge in [-0.2, -0.15) is 0 Å². The number of hydrogen-bond donors (Lipinski definition) is 3. The molecule has 0 saturated carbocycles. The van der Waals surface area contributed by atoms with Gasteiger partial charge in [0.2, 0.25) is 5.76 Å². The first-order valence-corrected chi connectivity index (χ1v) is 9.01. The minimum absolute atomic E-state index is 0. The second kappa shape index (κ2) is 16.2. The molecule has 0 bridgehead atoms. The maximum absolute atomic E-state index is 11.3. The SMILES string of the molecule is C.CC(=O)c1cc(C(C)=O)oc(=O)c1.CCOC(=O)c1cc(C(C)OO)cc(=O)o1.OCO. The van der Waals surface area contributed by atoms with Gasteiger partial charge < -0.3 is 23.8 Å². The molecule has 2 aromatic rings. The maximum Gasteiger partial charge on any atom is 0.374 e. The smallest absolute Gasteiger partial charge is 0.374 e. The van der Waals surface area contributed by atoms with Crippen molar-refractivity contribution in [2.24, 2.45) is 0 Å². The van der Waals surface area contributed by atoms with Crippen LogP contribution in [0.1, 0.15) is 78.3 Å². The summed E-state index contributed by atoms with van der Waals surface area (Å²) in [6.45, 7) is 5.17. The Morgan fingerprint density at radius 3 is 1.91 bits per heavy atom. The van der Waals surface area contributed by atoms with Crippen molar-refractivity contribution in [1.82, 2.24) is 0 Å². The van der Waals surface area contributed by atoms with E-state index in [0.717, 1.165) is 12.1 Å². The zero-order valence-electron chi connectivity index (χ0n) is 17.8. The van der Waals surface area contributed by atoms with Crippen molar-refractivity contribution in [2.75, 3.05) is 13.4 Å². The van der Waals surface area contributed by atoms with Crippen molar-refractivity contribution < 1.29 is 48.3 Å². The molecule has 1 atom stereocenters. The summed E-state index contributed by atoms with van der Waals surface area (Å²) in [5.41, 5.74) is -0.856. The minimum atomic E-state index is -0.750. The van der Waals surface area contributed by atoms with E-state index in [1.54, 1.807) is 6.92 Å². The molecule has 2 aromatic heterocycles. The molecule has 1 unspecified atom stereocenters. The van der Waals surface area contributed by atoms with Gasteiger partial charge in [0, 0.05) is 24.6 Å². The van der Waals surface area contributed by atoms with Crippen LogP contribution in [0.5, 0.6) is 0 Å². The van der Waals surface area contributed by atoms with Crippen LogP contribution in [0.25, 0.3) is 0 Å². The number of rotatable bonds is 6. The van der Waals surface area contributed by atoms with Gasteiger partial charge >= 0.3 is 17.2 Å². The minimum Gasteiger partial charge on any atom is -0.460 e. The lowest BCUT2D eigenvalue weighted by molar-refractivity contribution is -0.277. The number of carbonyl (C=O) groups is 3. The average Bonchev–Trinajstić information content (AvgIpc) is 2.73. The molecular formula is C21H28O12. The van der Waals surface area contributed by atoms with Crippen LogP contribution < -0.4 is 11.3 Å². The summed E-state index contributed by atoms with van der Waals surface area (Å²) in [5.74, 6) is -1.67. The van der Waals surface area contributed by atoms with Crippen molar-refractivity contribution in [3.8, 4) is 0 Å². The van der Waals surface area contributed by atoms with Gasteiger partial charge in [-0.05, 0) is 38.5 Å². The van der Waals surface area contributed by atoms with Crippen LogP contribution in [0.2, 0.25) is 0 Å². The Hall–Kier alpha value is -3.45. The molecule has 33 heavy (non-hydrogen) atoms. The lowest BCUT2D eigenvalue weighted by Crippen LogP contribution is -2.12. The Balaban J connectivity index is 0. The fraction of sp³-hybridized carbons (Fsp3) is 0.381. The van der Waals surface area contributed by atoms with Gasteiger partial charge in [0.25, 0.3) is 0 Å². The predicted octanol–water partition coefficient (Wildman–Crippen LogP) is 1.98. The van der Waals surface area contributed by atoms with Crippen LogP contribution in [-0.2, 0) is 9.62 Å². The highest BCUT2D eigenvalue weighted by Crippen LogP contribution is 2.15. The Bertz CT molecular complexity index is 983. The summed E-state index contributed by atoms with van der Waals surface area (Å²) in [6.07, 6.45) is -0.725. The van der Waals surface area contributed by atoms with E-state index >= 15 is 0 Å². The standard InChI is InChI=1S/C10H12O6.C9H8O4.CH4O2.CH4/c1-3-14-10(12)8-4-7(6(2)16-13)5-9(11)15-8;1-5(10)7-3-8(6(2)11)13-9(12)4-7;2-1-3;/h4-6,13H,3H2,1-2H3;3-4H,1-2H3;2-3H,1H2;1H4. The third-order valence-electron chi connectivity index (χ3n) is 3.42. The quantitative estimate of drug-likeness (QED) is 0.182. The first-order chi connectivity index (χ1) is 15.0. The Morgan fingerprint density at radius 1 is 0.939 bits per heavy atom. The highest BCUT2D eigenvalue weighted by molar-refractivity contribution is 5.97. The van der Waals surface area contributed by atoms with E-state index < -0.39 is 30.1 Å². The fourth-order valence-corrected chi connectivity index (χ4v) is 1.95. The van der Waals surface area contributed by atoms with Gasteiger partial charge in [-0.1, -0.05) is 7.43 Å². The predicted molar refractivity (Wildman–Crippen MR) is 114 cm³/mol. The van der Waals surface area contributed by atoms with Crippen LogP contribution in [0.4, 0.5) is 0 Å². The van der Waals surface area contributed by atoms with E-state index in [4.69, 9.17) is 15.5 Å². The summed E-state index contributed by atoms with van der Waals surface area (Å²) >= 11 is 0. The van der Waals surface area contributed by atoms with Crippen LogP contribution in [-0.4, -0.2) is 46.4 Å². The fourth-order valence-electron chi connectivity index (χ4n) is 1.95. The van der Waals surface area contributed by atoms with Crippen molar-refractivity contribution in [2.45, 2.75) is 41.2 Å². The van der Waals surface area contributed by atoms with Crippen molar-refractivity contribution in [3.05, 3.63) is 67.8 Å². The molecule has 2 heterocycles. The van der Waals surface area contributed by atoms with E-state index in [-0.39, 0.29) is 42.7 Å². The van der Waals surface area contributed by atoms with Crippen molar-refractivity contribution >= 4 is 17.5 Å². The molecule has 0 amide bonds.